The number of alkyl carbamates (subject to hydrolysis) is 2. The second-order valence-electron chi connectivity index (χ2n) is 9.40. The highest BCUT2D eigenvalue weighted by atomic mass is 16.6. The van der Waals surface area contributed by atoms with Crippen LogP contribution >= 0.6 is 0 Å². The minimum atomic E-state index is -1.01. The third-order valence-corrected chi connectivity index (χ3v) is 3.94. The van der Waals surface area contributed by atoms with Gasteiger partial charge in [0, 0.05) is 0 Å². The van der Waals surface area contributed by atoms with Gasteiger partial charge in [0.25, 0.3) is 0 Å². The van der Waals surface area contributed by atoms with E-state index < -0.39 is 41.4 Å². The summed E-state index contributed by atoms with van der Waals surface area (Å²) in [6.07, 6.45) is -1.15. The maximum absolute atomic E-state index is 12.6. The number of carbonyl (C=O) groups is 3. The van der Waals surface area contributed by atoms with Gasteiger partial charge in [-0.2, -0.15) is 0 Å². The lowest BCUT2D eigenvalue weighted by atomic mass is 10.1. The number of nitrogens with one attached hydrogen (secondary N) is 2. The number of aliphatic hydroxyl groups is 1. The van der Waals surface area contributed by atoms with Gasteiger partial charge in [0.2, 0.25) is 0 Å². The van der Waals surface area contributed by atoms with E-state index in [9.17, 15) is 19.5 Å². The van der Waals surface area contributed by atoms with E-state index in [-0.39, 0.29) is 26.1 Å². The van der Waals surface area contributed by atoms with Crippen LogP contribution in [0.15, 0.2) is 30.3 Å². The smallest absolute Gasteiger partial charge is 0.408 e. The van der Waals surface area contributed by atoms with Crippen LogP contribution in [0.3, 0.4) is 0 Å². The maximum atomic E-state index is 12.6. The average molecular weight is 453 g/mol. The Kier molecular flexibility index (Phi) is 10.5. The first kappa shape index (κ1) is 27.2. The van der Waals surface area contributed by atoms with E-state index in [0.717, 1.165) is 5.56 Å². The summed E-state index contributed by atoms with van der Waals surface area (Å²) in [6.45, 7) is 10.0. The highest BCUT2D eigenvalue weighted by molar-refractivity contribution is 5.81. The fourth-order valence-corrected chi connectivity index (χ4v) is 2.58. The Morgan fingerprint density at radius 1 is 0.875 bits per heavy atom. The Bertz CT molecular complexity index is 739. The summed E-state index contributed by atoms with van der Waals surface area (Å²) in [5, 5.41) is 14.7. The number of rotatable bonds is 9. The third-order valence-electron chi connectivity index (χ3n) is 3.94. The Morgan fingerprint density at radius 3 is 2.00 bits per heavy atom. The van der Waals surface area contributed by atoms with Crippen molar-refractivity contribution in [3.05, 3.63) is 35.9 Å². The molecule has 2 atom stereocenters. The normalized spacial score (nSPS) is 13.5. The fraction of sp³-hybridized carbons (Fsp3) is 0.609. The molecule has 0 heterocycles. The van der Waals surface area contributed by atoms with E-state index in [2.05, 4.69) is 10.6 Å². The molecule has 0 aliphatic carbocycles. The molecule has 0 aliphatic rings. The van der Waals surface area contributed by atoms with Crippen LogP contribution in [0.2, 0.25) is 0 Å². The van der Waals surface area contributed by atoms with Gasteiger partial charge in [-0.1, -0.05) is 30.3 Å². The van der Waals surface area contributed by atoms with Gasteiger partial charge < -0.3 is 30.0 Å². The second kappa shape index (κ2) is 12.3. The Morgan fingerprint density at radius 2 is 1.47 bits per heavy atom. The minimum Gasteiger partial charge on any atom is -0.458 e. The van der Waals surface area contributed by atoms with E-state index >= 15 is 0 Å². The van der Waals surface area contributed by atoms with Gasteiger partial charge in [-0.15, -0.1) is 0 Å². The molecule has 0 radical (unpaired) electrons. The van der Waals surface area contributed by atoms with E-state index in [1.807, 2.05) is 30.3 Å². The Balaban J connectivity index is 2.67. The first-order valence-corrected chi connectivity index (χ1v) is 10.6. The lowest BCUT2D eigenvalue weighted by molar-refractivity contribution is -0.157. The second-order valence-corrected chi connectivity index (χ2v) is 9.40. The lowest BCUT2D eigenvalue weighted by Gasteiger charge is -2.27. The van der Waals surface area contributed by atoms with Crippen LogP contribution in [-0.4, -0.2) is 53.2 Å². The van der Waals surface area contributed by atoms with Gasteiger partial charge in [0.05, 0.1) is 12.6 Å². The van der Waals surface area contributed by atoms with Crippen LogP contribution in [0.1, 0.15) is 59.9 Å². The van der Waals surface area contributed by atoms with Crippen molar-refractivity contribution in [3.63, 3.8) is 0 Å². The molecule has 1 rings (SSSR count). The molecular weight excluding hydrogens is 416 g/mol. The molecule has 2 amide bonds. The van der Waals surface area contributed by atoms with Gasteiger partial charge in [0.1, 0.15) is 23.9 Å². The van der Waals surface area contributed by atoms with Gasteiger partial charge >= 0.3 is 18.2 Å². The van der Waals surface area contributed by atoms with E-state index in [0.29, 0.717) is 0 Å². The molecule has 1 aromatic carbocycles. The first-order chi connectivity index (χ1) is 14.8. The van der Waals surface area contributed by atoms with Gasteiger partial charge in [-0.25, -0.2) is 14.4 Å². The van der Waals surface area contributed by atoms with E-state index in [4.69, 9.17) is 14.2 Å². The first-order valence-electron chi connectivity index (χ1n) is 10.6. The molecule has 0 bridgehead atoms. The van der Waals surface area contributed by atoms with Gasteiger partial charge in [-0.05, 0) is 59.9 Å². The Labute approximate surface area is 189 Å². The van der Waals surface area contributed by atoms with E-state index in [1.54, 1.807) is 41.5 Å². The quantitative estimate of drug-likeness (QED) is 0.388. The lowest BCUT2D eigenvalue weighted by Crippen LogP contribution is -2.47. The summed E-state index contributed by atoms with van der Waals surface area (Å²) in [6, 6.07) is 7.49. The molecule has 0 aromatic heterocycles. The van der Waals surface area contributed by atoms with Crippen molar-refractivity contribution in [2.75, 3.05) is 6.61 Å². The van der Waals surface area contributed by atoms with Crippen molar-refractivity contribution in [1.29, 1.82) is 0 Å². The maximum Gasteiger partial charge on any atom is 0.408 e. The third kappa shape index (κ3) is 12.1. The number of aliphatic hydroxyl groups excluding tert-OH is 1. The number of hydrogen-bond acceptors (Lipinski definition) is 7. The number of amides is 2. The Hall–Kier alpha value is -2.81. The average Bonchev–Trinajstić information content (AvgIpc) is 2.66. The predicted molar refractivity (Wildman–Crippen MR) is 119 cm³/mol. The SMILES string of the molecule is CC(C)(C)OC(=O)N[C@@H](CC[C@@H](CO)NC(=O)OCc1ccccc1)C(=O)OC(C)(C)C. The monoisotopic (exact) mass is 452 g/mol. The van der Waals surface area contributed by atoms with Gasteiger partial charge in [0.15, 0.2) is 0 Å². The summed E-state index contributed by atoms with van der Waals surface area (Å²) < 4.78 is 15.8. The van der Waals surface area contributed by atoms with Gasteiger partial charge in [-0.3, -0.25) is 0 Å². The number of carbonyl (C=O) groups excluding carboxylic acids is 3. The van der Waals surface area contributed by atoms with Crippen LogP contribution in [0.4, 0.5) is 9.59 Å². The zero-order chi connectivity index (χ0) is 24.4. The van der Waals surface area contributed by atoms with Crippen molar-refractivity contribution >= 4 is 18.2 Å². The zero-order valence-electron chi connectivity index (χ0n) is 19.8. The van der Waals surface area contributed by atoms with Crippen LogP contribution in [0.5, 0.6) is 0 Å². The number of hydrogen-bond donors (Lipinski definition) is 3. The number of esters is 1. The molecule has 9 nitrogen and oxygen atoms in total. The molecule has 0 aliphatic heterocycles. The standard InChI is InChI=1S/C23H36N2O7/c1-22(2,3)31-19(27)18(25-21(29)32-23(4,5)6)13-12-17(14-26)24-20(28)30-15-16-10-8-7-9-11-16/h7-11,17-18,26H,12-15H2,1-6H3,(H,24,28)(H,25,29)/t17-,18-/m0/s1. The molecule has 3 N–H and O–H groups in total. The molecule has 32 heavy (non-hydrogen) atoms. The molecule has 0 saturated carbocycles. The van der Waals surface area contributed by atoms with Crippen molar-refractivity contribution < 1.29 is 33.7 Å². The van der Waals surface area contributed by atoms with Crippen molar-refractivity contribution in [3.8, 4) is 0 Å². The highest BCUT2D eigenvalue weighted by Crippen LogP contribution is 2.13. The number of benzene rings is 1. The fourth-order valence-electron chi connectivity index (χ4n) is 2.58. The topological polar surface area (TPSA) is 123 Å². The van der Waals surface area contributed by atoms with Crippen LogP contribution in [0, 0.1) is 0 Å². The summed E-state index contributed by atoms with van der Waals surface area (Å²) in [7, 11) is 0. The molecule has 9 heteroatoms. The van der Waals surface area contributed by atoms with Crippen molar-refractivity contribution in [1.82, 2.24) is 10.6 Å². The van der Waals surface area contributed by atoms with Crippen LogP contribution in [0.25, 0.3) is 0 Å². The summed E-state index contributed by atoms with van der Waals surface area (Å²) in [5.74, 6) is -0.633. The minimum absolute atomic E-state index is 0.0888. The van der Waals surface area contributed by atoms with Crippen molar-refractivity contribution in [2.24, 2.45) is 0 Å². The largest absolute Gasteiger partial charge is 0.458 e. The molecule has 180 valence electrons. The molecule has 0 unspecified atom stereocenters. The molecule has 0 saturated heterocycles. The highest BCUT2D eigenvalue weighted by Gasteiger charge is 2.29. The summed E-state index contributed by atoms with van der Waals surface area (Å²) in [5.41, 5.74) is -0.657. The zero-order valence-corrected chi connectivity index (χ0v) is 19.8. The van der Waals surface area contributed by atoms with Crippen LogP contribution in [-0.2, 0) is 25.6 Å². The predicted octanol–water partition coefficient (Wildman–Crippen LogP) is 3.29. The molecule has 0 spiro atoms. The number of ether oxygens (including phenoxy) is 3. The molecular formula is C23H36N2O7. The summed E-state index contributed by atoms with van der Waals surface area (Å²) in [4.78, 5) is 36.8. The van der Waals surface area contributed by atoms with Crippen molar-refractivity contribution in [2.45, 2.75) is 84.3 Å². The molecule has 1 aromatic rings. The van der Waals surface area contributed by atoms with Crippen LogP contribution < -0.4 is 10.6 Å². The summed E-state index contributed by atoms with van der Waals surface area (Å²) >= 11 is 0. The van der Waals surface area contributed by atoms with E-state index in [1.165, 1.54) is 0 Å². The molecule has 0 fully saturated rings.